The summed E-state index contributed by atoms with van der Waals surface area (Å²) in [5.41, 5.74) is 0. The van der Waals surface area contributed by atoms with Crippen molar-refractivity contribution < 1.29 is 8.42 Å². The molecule has 0 atom stereocenters. The molecule has 0 fully saturated rings. The number of hydrogen-bond acceptors (Lipinski definition) is 3. The average molecular weight is 195 g/mol. The number of thioether (sulfide) groups is 1. The van der Waals surface area contributed by atoms with Crippen LogP contribution in [0.25, 0.3) is 0 Å². The van der Waals surface area contributed by atoms with Gasteiger partial charge in [0.25, 0.3) is 0 Å². The van der Waals surface area contributed by atoms with Gasteiger partial charge in [-0.2, -0.15) is 4.72 Å². The molecule has 0 aromatic carbocycles. The second kappa shape index (κ2) is 3.60. The van der Waals surface area contributed by atoms with Crippen molar-refractivity contribution in [3.63, 3.8) is 0 Å². The van der Waals surface area contributed by atoms with Gasteiger partial charge in [0.1, 0.15) is 0 Å². The Morgan fingerprint density at radius 3 is 2.27 bits per heavy atom. The molecule has 0 unspecified atom stereocenters. The van der Waals surface area contributed by atoms with E-state index in [1.165, 1.54) is 11.8 Å². The third-order valence-corrected chi connectivity index (χ3v) is 3.60. The lowest BCUT2D eigenvalue weighted by Gasteiger charge is -2.21. The Kier molecular flexibility index (Phi) is 3.60. The summed E-state index contributed by atoms with van der Waals surface area (Å²) >= 11 is 1.43. The van der Waals surface area contributed by atoms with Gasteiger partial charge < -0.3 is 0 Å². The van der Waals surface area contributed by atoms with Gasteiger partial charge in [-0.25, -0.2) is 8.42 Å². The van der Waals surface area contributed by atoms with Crippen LogP contribution >= 0.6 is 11.8 Å². The lowest BCUT2D eigenvalue weighted by Crippen LogP contribution is -2.39. The van der Waals surface area contributed by atoms with E-state index in [1.54, 1.807) is 13.8 Å². The number of sulfonamides is 1. The monoisotopic (exact) mass is 195 g/mol. The number of rotatable bonds is 4. The topological polar surface area (TPSA) is 46.2 Å². The predicted octanol–water partition coefficient (Wildman–Crippen LogP) is 1.15. The minimum absolute atomic E-state index is 0.465. The van der Waals surface area contributed by atoms with E-state index in [2.05, 4.69) is 11.3 Å². The molecule has 0 aromatic rings. The molecule has 0 bridgehead atoms. The minimum Gasteiger partial charge on any atom is -0.208 e. The number of nitrogens with one attached hydrogen (secondary N) is 1. The van der Waals surface area contributed by atoms with Crippen molar-refractivity contribution in [1.29, 1.82) is 0 Å². The highest BCUT2D eigenvalue weighted by atomic mass is 32.2. The van der Waals surface area contributed by atoms with Gasteiger partial charge >= 0.3 is 0 Å². The second-order valence-electron chi connectivity index (χ2n) is 2.53. The van der Waals surface area contributed by atoms with Crippen molar-refractivity contribution in [2.24, 2.45) is 0 Å². The van der Waals surface area contributed by atoms with E-state index in [-0.39, 0.29) is 0 Å². The zero-order valence-corrected chi connectivity index (χ0v) is 8.55. The molecule has 5 heteroatoms. The van der Waals surface area contributed by atoms with Crippen LogP contribution in [0.1, 0.15) is 13.8 Å². The van der Waals surface area contributed by atoms with Crippen LogP contribution in [0.5, 0.6) is 0 Å². The summed E-state index contributed by atoms with van der Waals surface area (Å²) in [7, 11) is -3.30. The van der Waals surface area contributed by atoms with E-state index in [4.69, 9.17) is 0 Å². The van der Waals surface area contributed by atoms with Gasteiger partial charge in [0, 0.05) is 5.41 Å². The second-order valence-corrected chi connectivity index (χ2v) is 5.58. The van der Waals surface area contributed by atoms with E-state index in [1.807, 2.05) is 6.26 Å². The van der Waals surface area contributed by atoms with Gasteiger partial charge in [0.2, 0.25) is 10.0 Å². The summed E-state index contributed by atoms with van der Waals surface area (Å²) in [6.45, 7) is 6.77. The van der Waals surface area contributed by atoms with Crippen molar-refractivity contribution in [3.05, 3.63) is 12.0 Å². The molecule has 0 radical (unpaired) electrons. The van der Waals surface area contributed by atoms with Crippen molar-refractivity contribution in [2.75, 3.05) is 6.26 Å². The first-order chi connectivity index (χ1) is 4.83. The third kappa shape index (κ3) is 4.44. The third-order valence-electron chi connectivity index (χ3n) is 1.12. The molecule has 0 aliphatic rings. The van der Waals surface area contributed by atoms with Crippen LogP contribution in [-0.4, -0.2) is 19.5 Å². The largest absolute Gasteiger partial charge is 0.234 e. The maximum absolute atomic E-state index is 10.9. The molecule has 11 heavy (non-hydrogen) atoms. The maximum Gasteiger partial charge on any atom is 0.234 e. The molecule has 0 heterocycles. The molecular formula is C6H13NO2S2. The molecule has 0 rings (SSSR count). The molecule has 0 saturated carbocycles. The van der Waals surface area contributed by atoms with E-state index in [0.29, 0.717) is 0 Å². The van der Waals surface area contributed by atoms with Crippen LogP contribution in [0.15, 0.2) is 12.0 Å². The maximum atomic E-state index is 10.9. The molecular weight excluding hydrogens is 182 g/mol. The first-order valence-electron chi connectivity index (χ1n) is 3.04. The van der Waals surface area contributed by atoms with Crippen LogP contribution in [0.2, 0.25) is 0 Å². The number of hydrogen-bond donors (Lipinski definition) is 1. The highest BCUT2D eigenvalue weighted by Gasteiger charge is 2.20. The lowest BCUT2D eigenvalue weighted by molar-refractivity contribution is 0.568. The summed E-state index contributed by atoms with van der Waals surface area (Å²) in [4.78, 5) is -0.465. The molecule has 3 nitrogen and oxygen atoms in total. The summed E-state index contributed by atoms with van der Waals surface area (Å²) in [5, 5.41) is 0.908. The van der Waals surface area contributed by atoms with Gasteiger partial charge in [-0.3, -0.25) is 0 Å². The van der Waals surface area contributed by atoms with E-state index in [9.17, 15) is 8.42 Å². The molecule has 0 amide bonds. The summed E-state index contributed by atoms with van der Waals surface area (Å²) in [6.07, 6.45) is 1.84. The Morgan fingerprint density at radius 1 is 1.55 bits per heavy atom. The molecule has 0 saturated heterocycles. The van der Waals surface area contributed by atoms with Crippen molar-refractivity contribution in [2.45, 2.75) is 18.7 Å². The van der Waals surface area contributed by atoms with Gasteiger partial charge in [0.15, 0.2) is 0 Å². The summed E-state index contributed by atoms with van der Waals surface area (Å²) < 4.78 is 24.3. The van der Waals surface area contributed by atoms with Crippen LogP contribution < -0.4 is 4.72 Å². The quantitative estimate of drug-likeness (QED) is 0.684. The zero-order chi connectivity index (χ0) is 9.12. The Hall–Kier alpha value is -0.0000000000000000555. The van der Waals surface area contributed by atoms with Gasteiger partial charge in [0.05, 0.1) is 4.87 Å². The SMILES string of the molecule is C=CS(=O)(=O)NC(C)(C)SC. The van der Waals surface area contributed by atoms with Crippen LogP contribution in [0.3, 0.4) is 0 Å². The van der Waals surface area contributed by atoms with E-state index < -0.39 is 14.9 Å². The molecule has 0 aromatic heterocycles. The van der Waals surface area contributed by atoms with E-state index >= 15 is 0 Å². The Balaban J connectivity index is 4.38. The van der Waals surface area contributed by atoms with Crippen LogP contribution in [0, 0.1) is 0 Å². The lowest BCUT2D eigenvalue weighted by atomic mass is 10.4. The summed E-state index contributed by atoms with van der Waals surface area (Å²) in [5.74, 6) is 0. The highest BCUT2D eigenvalue weighted by molar-refractivity contribution is 8.01. The van der Waals surface area contributed by atoms with Crippen molar-refractivity contribution in [1.82, 2.24) is 4.72 Å². The normalized spacial score (nSPS) is 13.0. The minimum atomic E-state index is -3.30. The Morgan fingerprint density at radius 2 is 2.00 bits per heavy atom. The van der Waals surface area contributed by atoms with Crippen molar-refractivity contribution in [3.8, 4) is 0 Å². The molecule has 0 aliphatic carbocycles. The fraction of sp³-hybridized carbons (Fsp3) is 0.667. The van der Waals surface area contributed by atoms with Gasteiger partial charge in [-0.15, -0.1) is 11.8 Å². The molecule has 0 aliphatic heterocycles. The van der Waals surface area contributed by atoms with Gasteiger partial charge in [-0.1, -0.05) is 6.58 Å². The van der Waals surface area contributed by atoms with Crippen LogP contribution in [-0.2, 0) is 10.0 Å². The van der Waals surface area contributed by atoms with E-state index in [0.717, 1.165) is 5.41 Å². The first-order valence-corrected chi connectivity index (χ1v) is 5.81. The molecule has 1 N–H and O–H groups in total. The first kappa shape index (κ1) is 11.0. The standard InChI is InChI=1S/C6H13NO2S2/c1-5-11(8,9)7-6(2,3)10-4/h5,7H,1H2,2-4H3. The van der Waals surface area contributed by atoms with Crippen LogP contribution in [0.4, 0.5) is 0 Å². The fourth-order valence-electron chi connectivity index (χ4n) is 0.426. The van der Waals surface area contributed by atoms with Gasteiger partial charge in [-0.05, 0) is 20.1 Å². The summed E-state index contributed by atoms with van der Waals surface area (Å²) in [6, 6.07) is 0. The smallest absolute Gasteiger partial charge is 0.208 e. The van der Waals surface area contributed by atoms with Crippen molar-refractivity contribution >= 4 is 21.8 Å². The fourth-order valence-corrected chi connectivity index (χ4v) is 1.88. The zero-order valence-electron chi connectivity index (χ0n) is 6.92. The average Bonchev–Trinajstić information content (AvgIpc) is 1.86. The highest BCUT2D eigenvalue weighted by Crippen LogP contribution is 2.18. The molecule has 66 valence electrons. The molecule has 0 spiro atoms. The Bertz CT molecular complexity index is 231. The predicted molar refractivity (Wildman–Crippen MR) is 49.8 cm³/mol. The Labute approximate surface area is 72.3 Å².